The molecule has 7 heteroatoms. The molecule has 0 aliphatic heterocycles. The van der Waals surface area contributed by atoms with Gasteiger partial charge in [-0.2, -0.15) is 0 Å². The van der Waals surface area contributed by atoms with Gasteiger partial charge in [0.15, 0.2) is 17.3 Å². The fraction of sp³-hybridized carbons (Fsp3) is 0.0357. The monoisotopic (exact) mass is 483 g/mol. The number of fused-ring (bicyclic) bond motifs is 2. The Morgan fingerprint density at radius 1 is 0.686 bits per heavy atom. The van der Waals surface area contributed by atoms with Crippen LogP contribution in [0.25, 0.3) is 0 Å². The first kappa shape index (κ1) is 22.4. The highest BCUT2D eigenvalue weighted by Gasteiger charge is 2.37. The summed E-state index contributed by atoms with van der Waals surface area (Å²) in [7, 11) is 0. The Labute approximate surface area is 206 Å². The van der Waals surface area contributed by atoms with Crippen LogP contribution in [0.15, 0.2) is 91.0 Å². The van der Waals surface area contributed by atoms with Gasteiger partial charge in [0.05, 0.1) is 16.8 Å². The summed E-state index contributed by atoms with van der Waals surface area (Å²) >= 11 is 5.75. The van der Waals surface area contributed by atoms with Crippen LogP contribution in [0.1, 0.15) is 31.8 Å². The summed E-state index contributed by atoms with van der Waals surface area (Å²) in [4.78, 5) is 39.7. The van der Waals surface area contributed by atoms with Crippen LogP contribution in [-0.4, -0.2) is 23.4 Å². The maximum Gasteiger partial charge on any atom is 0.239 e. The molecule has 172 valence electrons. The summed E-state index contributed by atoms with van der Waals surface area (Å²) in [5.41, 5.74) is 0.584. The highest BCUT2D eigenvalue weighted by molar-refractivity contribution is 6.33. The first-order valence-electron chi connectivity index (χ1n) is 10.8. The third-order valence-corrected chi connectivity index (χ3v) is 5.70. The largest absolute Gasteiger partial charge is 0.456 e. The molecule has 0 heterocycles. The van der Waals surface area contributed by atoms with Crippen molar-refractivity contribution >= 4 is 34.8 Å². The lowest BCUT2D eigenvalue weighted by atomic mass is 9.82. The van der Waals surface area contributed by atoms with Gasteiger partial charge in [0.1, 0.15) is 23.1 Å². The molecule has 0 aromatic heterocycles. The van der Waals surface area contributed by atoms with Crippen LogP contribution in [0, 0.1) is 0 Å². The maximum absolute atomic E-state index is 13.7. The van der Waals surface area contributed by atoms with Crippen molar-refractivity contribution in [1.82, 2.24) is 0 Å². The number of para-hydroxylation sites is 2. The molecule has 1 N–H and O–H groups in total. The molecule has 0 saturated carbocycles. The van der Waals surface area contributed by atoms with Crippen LogP contribution in [0.5, 0.6) is 23.0 Å². The number of hydrogen-bond acceptors (Lipinski definition) is 5. The van der Waals surface area contributed by atoms with Gasteiger partial charge >= 0.3 is 0 Å². The van der Waals surface area contributed by atoms with E-state index in [0.29, 0.717) is 11.5 Å². The third-order valence-electron chi connectivity index (χ3n) is 5.45. The highest BCUT2D eigenvalue weighted by atomic mass is 35.5. The van der Waals surface area contributed by atoms with Crippen molar-refractivity contribution in [2.24, 2.45) is 0 Å². The van der Waals surface area contributed by atoms with Crippen molar-refractivity contribution in [3.05, 3.63) is 113 Å². The summed E-state index contributed by atoms with van der Waals surface area (Å²) < 4.78 is 12.2. The predicted molar refractivity (Wildman–Crippen MR) is 132 cm³/mol. The second-order valence-corrected chi connectivity index (χ2v) is 7.98. The molecule has 0 bridgehead atoms. The van der Waals surface area contributed by atoms with Gasteiger partial charge in [-0.1, -0.05) is 60.7 Å². The Hall–Kier alpha value is -4.42. The molecule has 0 spiro atoms. The number of ether oxygens (including phenoxy) is 2. The summed E-state index contributed by atoms with van der Waals surface area (Å²) in [6.07, 6.45) is 0. The molecule has 6 nitrogen and oxygen atoms in total. The van der Waals surface area contributed by atoms with Gasteiger partial charge in [-0.15, -0.1) is 11.6 Å². The fourth-order valence-corrected chi connectivity index (χ4v) is 3.99. The van der Waals surface area contributed by atoms with E-state index in [2.05, 4.69) is 5.32 Å². The number of halogens is 1. The average Bonchev–Trinajstić information content (AvgIpc) is 2.89. The van der Waals surface area contributed by atoms with Crippen LogP contribution < -0.4 is 14.8 Å². The second-order valence-electron chi connectivity index (χ2n) is 7.71. The van der Waals surface area contributed by atoms with Crippen LogP contribution >= 0.6 is 11.6 Å². The van der Waals surface area contributed by atoms with E-state index < -0.39 is 17.5 Å². The Bertz CT molecular complexity index is 1450. The molecule has 35 heavy (non-hydrogen) atoms. The zero-order valence-electron chi connectivity index (χ0n) is 18.3. The number of carbonyl (C=O) groups excluding carboxylic acids is 3. The van der Waals surface area contributed by atoms with Gasteiger partial charge in [0.25, 0.3) is 0 Å². The standard InChI is InChI=1S/C28H18ClNO5/c29-16-23(31)30-26-22(35-18-11-5-2-6-12-18)15-21(34-17-9-3-1-4-10-17)24-25(26)28(33)20-14-8-7-13-19(20)27(24)32/h1-15H,16H2,(H,30,31). The van der Waals surface area contributed by atoms with Gasteiger partial charge in [-0.3, -0.25) is 14.4 Å². The molecule has 0 atom stereocenters. The molecular formula is C28H18ClNO5. The maximum atomic E-state index is 13.7. The summed E-state index contributed by atoms with van der Waals surface area (Å²) in [6.45, 7) is 0. The molecule has 1 aliphatic rings. The number of amides is 1. The minimum absolute atomic E-state index is 0.00784. The van der Waals surface area contributed by atoms with E-state index in [-0.39, 0.29) is 45.3 Å². The molecule has 4 aromatic carbocycles. The van der Waals surface area contributed by atoms with E-state index >= 15 is 0 Å². The van der Waals surface area contributed by atoms with Crippen molar-refractivity contribution in [2.45, 2.75) is 0 Å². The lowest BCUT2D eigenvalue weighted by molar-refractivity contribution is -0.113. The Balaban J connectivity index is 1.77. The van der Waals surface area contributed by atoms with Crippen LogP contribution in [0.4, 0.5) is 5.69 Å². The minimum atomic E-state index is -0.553. The van der Waals surface area contributed by atoms with Crippen molar-refractivity contribution < 1.29 is 23.9 Å². The van der Waals surface area contributed by atoms with Gasteiger partial charge in [-0.25, -0.2) is 0 Å². The first-order valence-corrected chi connectivity index (χ1v) is 11.3. The normalized spacial score (nSPS) is 11.9. The molecule has 0 radical (unpaired) electrons. The number of nitrogens with one attached hydrogen (secondary N) is 1. The highest BCUT2D eigenvalue weighted by Crippen LogP contribution is 2.45. The van der Waals surface area contributed by atoms with Gasteiger partial charge in [0, 0.05) is 17.2 Å². The van der Waals surface area contributed by atoms with Crippen molar-refractivity contribution in [3.8, 4) is 23.0 Å². The molecule has 4 aromatic rings. The smallest absolute Gasteiger partial charge is 0.239 e. The Kier molecular flexibility index (Phi) is 6.04. The minimum Gasteiger partial charge on any atom is -0.456 e. The molecule has 1 amide bonds. The Morgan fingerprint density at radius 2 is 1.17 bits per heavy atom. The molecule has 1 aliphatic carbocycles. The predicted octanol–water partition coefficient (Wildman–Crippen LogP) is 6.22. The SMILES string of the molecule is O=C(CCl)Nc1c(Oc2ccccc2)cc(Oc2ccccc2)c2c1C(=O)c1ccccc1C2=O. The van der Waals surface area contributed by atoms with Crippen LogP contribution in [0.2, 0.25) is 0 Å². The van der Waals surface area contributed by atoms with E-state index in [9.17, 15) is 14.4 Å². The van der Waals surface area contributed by atoms with E-state index in [1.165, 1.54) is 6.07 Å². The van der Waals surface area contributed by atoms with Gasteiger partial charge in [-0.05, 0) is 24.3 Å². The number of alkyl halides is 1. The lowest BCUT2D eigenvalue weighted by Crippen LogP contribution is -2.25. The Morgan fingerprint density at radius 3 is 1.71 bits per heavy atom. The number of hydrogen-bond donors (Lipinski definition) is 1. The number of ketones is 2. The number of rotatable bonds is 6. The van der Waals surface area contributed by atoms with E-state index in [0.717, 1.165) is 0 Å². The lowest BCUT2D eigenvalue weighted by Gasteiger charge is -2.25. The van der Waals surface area contributed by atoms with Gasteiger partial charge < -0.3 is 14.8 Å². The summed E-state index contributed by atoms with van der Waals surface area (Å²) in [6, 6.07) is 25.8. The first-order chi connectivity index (χ1) is 17.1. The zero-order valence-corrected chi connectivity index (χ0v) is 19.0. The molecule has 0 fully saturated rings. The zero-order chi connectivity index (χ0) is 24.4. The quantitative estimate of drug-likeness (QED) is 0.290. The van der Waals surface area contributed by atoms with Gasteiger partial charge in [0.2, 0.25) is 5.91 Å². The topological polar surface area (TPSA) is 81.7 Å². The van der Waals surface area contributed by atoms with E-state index in [1.54, 1.807) is 72.8 Å². The second kappa shape index (κ2) is 9.44. The number of carbonyl (C=O) groups is 3. The van der Waals surface area contributed by atoms with E-state index in [1.807, 2.05) is 12.1 Å². The van der Waals surface area contributed by atoms with Crippen LogP contribution in [-0.2, 0) is 4.79 Å². The number of benzene rings is 4. The molecular weight excluding hydrogens is 466 g/mol. The average molecular weight is 484 g/mol. The molecule has 0 saturated heterocycles. The fourth-order valence-electron chi connectivity index (χ4n) is 3.92. The third kappa shape index (κ3) is 4.27. The summed E-state index contributed by atoms with van der Waals surface area (Å²) in [5, 5.41) is 2.66. The van der Waals surface area contributed by atoms with E-state index in [4.69, 9.17) is 21.1 Å². The van der Waals surface area contributed by atoms with Crippen molar-refractivity contribution in [2.75, 3.05) is 11.2 Å². The molecule has 0 unspecified atom stereocenters. The molecule has 5 rings (SSSR count). The van der Waals surface area contributed by atoms with Crippen molar-refractivity contribution in [3.63, 3.8) is 0 Å². The van der Waals surface area contributed by atoms with Crippen molar-refractivity contribution in [1.29, 1.82) is 0 Å². The number of anilines is 1. The summed E-state index contributed by atoms with van der Waals surface area (Å²) in [5.74, 6) is -0.520. The van der Waals surface area contributed by atoms with Crippen LogP contribution in [0.3, 0.4) is 0 Å².